The SMILES string of the molecule is C=CC(C)C(/N=C\C)/N=C(C)/C=C(/c1ccc(-c2nc(-c3ccc(-c4ccccc4)cc3)nc3ccccc23)cc1)c1ccccc1C.CC.CC.CC. The maximum absolute atomic E-state index is 5.15. The van der Waals surface area contributed by atoms with Crippen molar-refractivity contribution in [2.45, 2.75) is 75.4 Å². The molecule has 0 aliphatic heterocycles. The summed E-state index contributed by atoms with van der Waals surface area (Å²) in [5.74, 6) is 0.831. The number of aliphatic imine (C=N–C) groups is 2. The molecule has 278 valence electrons. The van der Waals surface area contributed by atoms with Gasteiger partial charge in [-0.25, -0.2) is 9.97 Å². The number of aromatic nitrogens is 2. The molecule has 0 saturated heterocycles. The summed E-state index contributed by atoms with van der Waals surface area (Å²) in [6.45, 7) is 24.2. The third kappa shape index (κ3) is 10.9. The van der Waals surface area contributed by atoms with E-state index in [1.165, 1.54) is 16.7 Å². The maximum atomic E-state index is 5.15. The van der Waals surface area contributed by atoms with Gasteiger partial charge in [-0.05, 0) is 72.5 Å². The number of hydrogen-bond acceptors (Lipinski definition) is 4. The van der Waals surface area contributed by atoms with Crippen LogP contribution in [-0.2, 0) is 0 Å². The van der Waals surface area contributed by atoms with Gasteiger partial charge in [-0.15, -0.1) is 6.58 Å². The molecule has 2 unspecified atom stereocenters. The summed E-state index contributed by atoms with van der Waals surface area (Å²) >= 11 is 0. The van der Waals surface area contributed by atoms with Gasteiger partial charge in [0.2, 0.25) is 0 Å². The van der Waals surface area contributed by atoms with E-state index in [4.69, 9.17) is 15.0 Å². The van der Waals surface area contributed by atoms with Crippen LogP contribution in [0.4, 0.5) is 0 Å². The average molecular weight is 715 g/mol. The molecule has 6 rings (SSSR count). The Morgan fingerprint density at radius 2 is 1.20 bits per heavy atom. The average Bonchev–Trinajstić information content (AvgIpc) is 3.25. The van der Waals surface area contributed by atoms with Gasteiger partial charge >= 0.3 is 0 Å². The standard InChI is InChI=1S/C44H40N4.3C2H6/c1-6-30(3)43(45-7-2)46-32(5)29-40(38-18-12-11-15-31(38)4)35-23-25-36(26-24-35)42-39-19-13-14-20-41(39)47-44(48-42)37-27-21-34(22-28-37)33-16-9-8-10-17-33;3*1-2/h6-30,43H,1H2,2-5H3;3*1-2H3/b40-29-,45-7-,46-32+;;;. The van der Waals surface area contributed by atoms with E-state index >= 15 is 0 Å². The first-order valence-electron chi connectivity index (χ1n) is 19.4. The molecule has 54 heavy (non-hydrogen) atoms. The second kappa shape index (κ2) is 22.4. The summed E-state index contributed by atoms with van der Waals surface area (Å²) < 4.78 is 0. The first-order valence-corrected chi connectivity index (χ1v) is 19.4. The summed E-state index contributed by atoms with van der Waals surface area (Å²) in [5.41, 5.74) is 11.7. The van der Waals surface area contributed by atoms with E-state index in [0.29, 0.717) is 5.82 Å². The molecule has 1 aromatic heterocycles. The fraction of sp³-hybridized carbons (Fsp3) is 0.240. The van der Waals surface area contributed by atoms with Gasteiger partial charge in [-0.1, -0.05) is 176 Å². The minimum atomic E-state index is -0.209. The first kappa shape index (κ1) is 42.7. The molecule has 0 bridgehead atoms. The quantitative estimate of drug-likeness (QED) is 0.105. The number of fused-ring (bicyclic) bond motifs is 1. The van der Waals surface area contributed by atoms with Crippen LogP contribution in [0.1, 0.15) is 79.0 Å². The maximum Gasteiger partial charge on any atom is 0.160 e. The zero-order valence-electron chi connectivity index (χ0n) is 34.0. The molecule has 4 heteroatoms. The van der Waals surface area contributed by atoms with Gasteiger partial charge in [0.1, 0.15) is 6.17 Å². The lowest BCUT2D eigenvalue weighted by molar-refractivity contribution is 0.567. The van der Waals surface area contributed by atoms with E-state index < -0.39 is 0 Å². The molecule has 0 N–H and O–H groups in total. The largest absolute Gasteiger partial charge is 0.271 e. The first-order chi connectivity index (χ1) is 26.4. The van der Waals surface area contributed by atoms with Crippen molar-refractivity contribution >= 4 is 28.4 Å². The third-order valence-electron chi connectivity index (χ3n) is 8.59. The molecule has 0 aliphatic carbocycles. The Hall–Kier alpha value is -5.74. The van der Waals surface area contributed by atoms with Gasteiger partial charge in [0.25, 0.3) is 0 Å². The van der Waals surface area contributed by atoms with Gasteiger partial charge in [-0.3, -0.25) is 9.98 Å². The third-order valence-corrected chi connectivity index (χ3v) is 8.59. The van der Waals surface area contributed by atoms with E-state index in [-0.39, 0.29) is 12.1 Å². The van der Waals surface area contributed by atoms with E-state index in [0.717, 1.165) is 50.1 Å². The zero-order valence-corrected chi connectivity index (χ0v) is 34.0. The number of nitrogens with zero attached hydrogens (tertiary/aromatic N) is 4. The van der Waals surface area contributed by atoms with Crippen molar-refractivity contribution in [1.29, 1.82) is 0 Å². The van der Waals surface area contributed by atoms with Crippen molar-refractivity contribution in [3.63, 3.8) is 0 Å². The molecule has 4 nitrogen and oxygen atoms in total. The molecule has 5 aromatic carbocycles. The van der Waals surface area contributed by atoms with Crippen LogP contribution in [0.25, 0.3) is 50.2 Å². The minimum absolute atomic E-state index is 0.125. The summed E-state index contributed by atoms with van der Waals surface area (Å²) in [6, 6.07) is 44.3. The van der Waals surface area contributed by atoms with E-state index in [1.807, 2.05) is 85.9 Å². The normalized spacial score (nSPS) is 12.3. The van der Waals surface area contributed by atoms with Crippen molar-refractivity contribution < 1.29 is 0 Å². The Labute approximate surface area is 325 Å². The molecule has 2 atom stereocenters. The summed E-state index contributed by atoms with van der Waals surface area (Å²) in [7, 11) is 0. The van der Waals surface area contributed by atoms with Gasteiger partial charge in [0.05, 0.1) is 11.2 Å². The fourth-order valence-corrected chi connectivity index (χ4v) is 5.88. The predicted molar refractivity (Wildman–Crippen MR) is 239 cm³/mol. The van der Waals surface area contributed by atoms with Crippen LogP contribution in [0.15, 0.2) is 156 Å². The van der Waals surface area contributed by atoms with Gasteiger partial charge in [-0.2, -0.15) is 0 Å². The van der Waals surface area contributed by atoms with Crippen LogP contribution < -0.4 is 0 Å². The van der Waals surface area contributed by atoms with E-state index in [1.54, 1.807) is 0 Å². The van der Waals surface area contributed by atoms with Crippen LogP contribution in [0, 0.1) is 12.8 Å². The molecule has 0 spiro atoms. The van der Waals surface area contributed by atoms with Crippen molar-refractivity contribution in [2.75, 3.05) is 0 Å². The molecule has 0 amide bonds. The topological polar surface area (TPSA) is 50.5 Å². The van der Waals surface area contributed by atoms with Crippen molar-refractivity contribution in [1.82, 2.24) is 9.97 Å². The van der Waals surface area contributed by atoms with E-state index in [2.05, 4.69) is 141 Å². The van der Waals surface area contributed by atoms with Crippen molar-refractivity contribution in [3.8, 4) is 33.8 Å². The zero-order chi connectivity index (χ0) is 39.5. The summed E-state index contributed by atoms with van der Waals surface area (Å²) in [5, 5.41) is 1.02. The van der Waals surface area contributed by atoms with Gasteiger partial charge in [0.15, 0.2) is 5.82 Å². The Balaban J connectivity index is 0.00000124. The molecule has 0 fully saturated rings. The monoisotopic (exact) mass is 714 g/mol. The lowest BCUT2D eigenvalue weighted by atomic mass is 9.92. The lowest BCUT2D eigenvalue weighted by Gasteiger charge is -2.15. The van der Waals surface area contributed by atoms with Crippen molar-refractivity contribution in [3.05, 3.63) is 163 Å². The Kier molecular flexibility index (Phi) is 17.7. The van der Waals surface area contributed by atoms with Crippen LogP contribution in [-0.4, -0.2) is 28.1 Å². The predicted octanol–water partition coefficient (Wildman–Crippen LogP) is 14.1. The number of hydrogen-bond donors (Lipinski definition) is 0. The summed E-state index contributed by atoms with van der Waals surface area (Å²) in [6.07, 6.45) is 5.68. The Morgan fingerprint density at radius 3 is 1.83 bits per heavy atom. The fourth-order valence-electron chi connectivity index (χ4n) is 5.88. The highest BCUT2D eigenvalue weighted by molar-refractivity contribution is 6.03. The lowest BCUT2D eigenvalue weighted by Crippen LogP contribution is -2.13. The molecule has 1 heterocycles. The molecule has 0 aliphatic rings. The number of aryl methyl sites for hydroxylation is 1. The van der Waals surface area contributed by atoms with Gasteiger partial charge in [0, 0.05) is 28.1 Å². The highest BCUT2D eigenvalue weighted by Gasteiger charge is 2.15. The smallest absolute Gasteiger partial charge is 0.160 e. The molecule has 0 saturated carbocycles. The molecule has 6 aromatic rings. The number of para-hydroxylation sites is 1. The number of allylic oxidation sites excluding steroid dienone is 1. The highest BCUT2D eigenvalue weighted by Crippen LogP contribution is 2.33. The van der Waals surface area contributed by atoms with Crippen molar-refractivity contribution in [2.24, 2.45) is 15.9 Å². The van der Waals surface area contributed by atoms with Crippen LogP contribution >= 0.6 is 0 Å². The second-order valence-corrected chi connectivity index (χ2v) is 12.0. The highest BCUT2D eigenvalue weighted by atomic mass is 15.0. The van der Waals surface area contributed by atoms with Crippen LogP contribution in [0.5, 0.6) is 0 Å². The summed E-state index contributed by atoms with van der Waals surface area (Å²) in [4.78, 5) is 19.7. The van der Waals surface area contributed by atoms with Crippen LogP contribution in [0.3, 0.4) is 0 Å². The van der Waals surface area contributed by atoms with E-state index in [9.17, 15) is 0 Å². The number of rotatable bonds is 10. The minimum Gasteiger partial charge on any atom is -0.271 e. The number of benzene rings is 5. The van der Waals surface area contributed by atoms with Gasteiger partial charge < -0.3 is 0 Å². The Bertz CT molecular complexity index is 2120. The van der Waals surface area contributed by atoms with Crippen LogP contribution in [0.2, 0.25) is 0 Å². The molecule has 0 radical (unpaired) electrons. The second-order valence-electron chi connectivity index (χ2n) is 12.0. The molecular formula is C50H58N4. The Morgan fingerprint density at radius 1 is 0.648 bits per heavy atom. The molecular weight excluding hydrogens is 657 g/mol.